The number of aryl methyl sites for hydroxylation is 2. The van der Waals surface area contributed by atoms with Gasteiger partial charge in [-0.1, -0.05) is 36.8 Å². The topological polar surface area (TPSA) is 41.1 Å². The van der Waals surface area contributed by atoms with Gasteiger partial charge < -0.3 is 10.6 Å². The van der Waals surface area contributed by atoms with Crippen molar-refractivity contribution in [2.45, 2.75) is 33.2 Å². The molecule has 2 aromatic carbocycles. The lowest BCUT2D eigenvalue weighted by Crippen LogP contribution is -2.31. The van der Waals surface area contributed by atoms with Gasteiger partial charge in [0.05, 0.1) is 0 Å². The van der Waals surface area contributed by atoms with Crippen LogP contribution in [-0.4, -0.2) is 11.9 Å². The van der Waals surface area contributed by atoms with Gasteiger partial charge in [-0.15, -0.1) is 0 Å². The van der Waals surface area contributed by atoms with Gasteiger partial charge in [0.15, 0.2) is 0 Å². The van der Waals surface area contributed by atoms with Crippen molar-refractivity contribution in [1.29, 1.82) is 0 Å². The number of carbonyl (C=O) groups excluding carboxylic acids is 1. The summed E-state index contributed by atoms with van der Waals surface area (Å²) in [7, 11) is 0. The van der Waals surface area contributed by atoms with Crippen LogP contribution in [0.1, 0.15) is 25.0 Å². The molecule has 0 radical (unpaired) electrons. The van der Waals surface area contributed by atoms with Crippen molar-refractivity contribution in [1.82, 2.24) is 0 Å². The van der Waals surface area contributed by atoms with Crippen LogP contribution in [0.15, 0.2) is 48.5 Å². The second-order valence-electron chi connectivity index (χ2n) is 5.27. The fourth-order valence-electron chi connectivity index (χ4n) is 2.04. The van der Waals surface area contributed by atoms with Gasteiger partial charge >= 0.3 is 0 Å². The first-order valence-corrected chi connectivity index (χ1v) is 7.31. The monoisotopic (exact) mass is 282 g/mol. The Kier molecular flexibility index (Phi) is 4.99. The Hall–Kier alpha value is -2.29. The van der Waals surface area contributed by atoms with Crippen LogP contribution in [0.4, 0.5) is 11.4 Å². The summed E-state index contributed by atoms with van der Waals surface area (Å²) in [6, 6.07) is 15.7. The number of rotatable bonds is 5. The van der Waals surface area contributed by atoms with Gasteiger partial charge in [0, 0.05) is 11.4 Å². The molecule has 2 rings (SSSR count). The highest BCUT2D eigenvalue weighted by Gasteiger charge is 2.12. The number of nitrogens with one attached hydrogen (secondary N) is 2. The van der Waals surface area contributed by atoms with Crippen molar-refractivity contribution in [2.24, 2.45) is 0 Å². The van der Waals surface area contributed by atoms with Crippen molar-refractivity contribution in [3.05, 3.63) is 59.7 Å². The highest BCUT2D eigenvalue weighted by molar-refractivity contribution is 5.96. The molecule has 0 aliphatic carbocycles. The van der Waals surface area contributed by atoms with Gasteiger partial charge in [0.2, 0.25) is 5.91 Å². The zero-order chi connectivity index (χ0) is 15.2. The molecule has 0 heterocycles. The Morgan fingerprint density at radius 1 is 1.00 bits per heavy atom. The SMILES string of the molecule is CCc1ccc(NC(=O)[C@@H](C)Nc2ccc(C)cc2)cc1. The van der Waals surface area contributed by atoms with Crippen molar-refractivity contribution >= 4 is 17.3 Å². The zero-order valence-electron chi connectivity index (χ0n) is 12.8. The Labute approximate surface area is 126 Å². The van der Waals surface area contributed by atoms with Crippen molar-refractivity contribution in [2.75, 3.05) is 10.6 Å². The minimum absolute atomic E-state index is 0.0418. The normalized spacial score (nSPS) is 11.8. The van der Waals surface area contributed by atoms with E-state index in [1.165, 1.54) is 11.1 Å². The highest BCUT2D eigenvalue weighted by Crippen LogP contribution is 2.13. The molecule has 1 atom stereocenters. The fraction of sp³-hybridized carbons (Fsp3) is 0.278. The molecule has 0 unspecified atom stereocenters. The summed E-state index contributed by atoms with van der Waals surface area (Å²) in [5.74, 6) is -0.0418. The number of hydrogen-bond donors (Lipinski definition) is 2. The van der Waals surface area contributed by atoms with E-state index in [0.29, 0.717) is 0 Å². The van der Waals surface area contributed by atoms with Crippen molar-refractivity contribution in [3.63, 3.8) is 0 Å². The molecule has 0 spiro atoms. The first-order chi connectivity index (χ1) is 10.1. The van der Waals surface area contributed by atoms with E-state index in [0.717, 1.165) is 17.8 Å². The van der Waals surface area contributed by atoms with Crippen LogP contribution in [0.25, 0.3) is 0 Å². The predicted molar refractivity (Wildman–Crippen MR) is 88.7 cm³/mol. The van der Waals surface area contributed by atoms with Crippen molar-refractivity contribution < 1.29 is 4.79 Å². The molecule has 2 aromatic rings. The van der Waals surface area contributed by atoms with Gasteiger partial charge in [-0.3, -0.25) is 4.79 Å². The molecule has 3 nitrogen and oxygen atoms in total. The average molecular weight is 282 g/mol. The maximum absolute atomic E-state index is 12.2. The highest BCUT2D eigenvalue weighted by atomic mass is 16.2. The third kappa shape index (κ3) is 4.35. The van der Waals surface area contributed by atoms with E-state index < -0.39 is 0 Å². The molecule has 1 amide bonds. The summed E-state index contributed by atoms with van der Waals surface area (Å²) in [6.07, 6.45) is 1.000. The van der Waals surface area contributed by atoms with Gasteiger partial charge in [0.25, 0.3) is 0 Å². The molecule has 0 saturated heterocycles. The van der Waals surface area contributed by atoms with Gasteiger partial charge in [-0.25, -0.2) is 0 Å². The van der Waals surface area contributed by atoms with Crippen LogP contribution < -0.4 is 10.6 Å². The predicted octanol–water partition coefficient (Wildman–Crippen LogP) is 4.00. The molecule has 0 saturated carbocycles. The number of carbonyl (C=O) groups is 1. The number of benzene rings is 2. The Balaban J connectivity index is 1.93. The summed E-state index contributed by atoms with van der Waals surface area (Å²) in [5.41, 5.74) is 4.24. The molecule has 0 bridgehead atoms. The van der Waals surface area contributed by atoms with E-state index >= 15 is 0 Å². The smallest absolute Gasteiger partial charge is 0.246 e. The molecule has 2 N–H and O–H groups in total. The molecule has 0 aliphatic heterocycles. The summed E-state index contributed by atoms with van der Waals surface area (Å²) in [5, 5.41) is 6.12. The maximum Gasteiger partial charge on any atom is 0.246 e. The third-order valence-corrected chi connectivity index (χ3v) is 3.46. The number of amides is 1. The van der Waals surface area contributed by atoms with E-state index in [-0.39, 0.29) is 11.9 Å². The van der Waals surface area contributed by atoms with Gasteiger partial charge in [-0.2, -0.15) is 0 Å². The lowest BCUT2D eigenvalue weighted by molar-refractivity contribution is -0.116. The van der Waals surface area contributed by atoms with Crippen LogP contribution >= 0.6 is 0 Å². The second-order valence-corrected chi connectivity index (χ2v) is 5.27. The van der Waals surface area contributed by atoms with Crippen LogP contribution in [0, 0.1) is 6.92 Å². The molecule has 0 aromatic heterocycles. The molecule has 21 heavy (non-hydrogen) atoms. The second kappa shape index (κ2) is 6.93. The average Bonchev–Trinajstić information content (AvgIpc) is 2.50. The van der Waals surface area contributed by atoms with Gasteiger partial charge in [-0.05, 0) is 50.1 Å². The Morgan fingerprint density at radius 3 is 2.14 bits per heavy atom. The zero-order valence-corrected chi connectivity index (χ0v) is 12.8. The van der Waals surface area contributed by atoms with E-state index in [4.69, 9.17) is 0 Å². The minimum atomic E-state index is -0.293. The summed E-state index contributed by atoms with van der Waals surface area (Å²) >= 11 is 0. The van der Waals surface area contributed by atoms with Crippen LogP contribution in [0.3, 0.4) is 0 Å². The molecular weight excluding hydrogens is 260 g/mol. The summed E-state index contributed by atoms with van der Waals surface area (Å²) in [6.45, 7) is 6.01. The molecule has 0 fully saturated rings. The van der Waals surface area contributed by atoms with Crippen LogP contribution in [-0.2, 0) is 11.2 Å². The van der Waals surface area contributed by atoms with E-state index in [1.54, 1.807) is 0 Å². The van der Waals surface area contributed by atoms with Crippen LogP contribution in [0.2, 0.25) is 0 Å². The van der Waals surface area contributed by atoms with E-state index in [1.807, 2.05) is 62.4 Å². The standard InChI is InChI=1S/C18H22N2O/c1-4-15-7-11-17(12-8-15)20-18(21)14(3)19-16-9-5-13(2)6-10-16/h5-12,14,19H,4H2,1-3H3,(H,20,21)/t14-/m1/s1. The first-order valence-electron chi connectivity index (χ1n) is 7.31. The van der Waals surface area contributed by atoms with E-state index in [9.17, 15) is 4.79 Å². The maximum atomic E-state index is 12.2. The molecule has 3 heteroatoms. The fourth-order valence-corrected chi connectivity index (χ4v) is 2.04. The lowest BCUT2D eigenvalue weighted by Gasteiger charge is -2.15. The van der Waals surface area contributed by atoms with Crippen LogP contribution in [0.5, 0.6) is 0 Å². The first kappa shape index (κ1) is 15.1. The van der Waals surface area contributed by atoms with Gasteiger partial charge in [0.1, 0.15) is 6.04 Å². The van der Waals surface area contributed by atoms with E-state index in [2.05, 4.69) is 17.6 Å². The number of hydrogen-bond acceptors (Lipinski definition) is 2. The number of anilines is 2. The summed E-state index contributed by atoms with van der Waals surface area (Å²) < 4.78 is 0. The van der Waals surface area contributed by atoms with Crippen molar-refractivity contribution in [3.8, 4) is 0 Å². The molecular formula is C18H22N2O. The minimum Gasteiger partial charge on any atom is -0.374 e. The lowest BCUT2D eigenvalue weighted by atomic mass is 10.1. The molecule has 0 aliphatic rings. The quantitative estimate of drug-likeness (QED) is 0.870. The third-order valence-electron chi connectivity index (χ3n) is 3.46. The molecule has 110 valence electrons. The Morgan fingerprint density at radius 2 is 1.57 bits per heavy atom. The largest absolute Gasteiger partial charge is 0.374 e. The summed E-state index contributed by atoms with van der Waals surface area (Å²) in [4.78, 5) is 12.2. The Bertz CT molecular complexity index is 588.